The Morgan fingerprint density at radius 3 is 2.78 bits per heavy atom. The molecule has 0 aromatic carbocycles. The van der Waals surface area contributed by atoms with E-state index in [2.05, 4.69) is 10.6 Å². The van der Waals surface area contributed by atoms with E-state index >= 15 is 0 Å². The summed E-state index contributed by atoms with van der Waals surface area (Å²) in [6.45, 7) is 1.33. The van der Waals surface area contributed by atoms with E-state index in [1.54, 1.807) is 0 Å². The Kier molecular flexibility index (Phi) is 4.56. The van der Waals surface area contributed by atoms with Crippen LogP contribution in [0.25, 0.3) is 0 Å². The Balaban J connectivity index is 3.10. The van der Waals surface area contributed by atoms with Crippen molar-refractivity contribution in [3.05, 3.63) is 0 Å². The highest BCUT2D eigenvalue weighted by Gasteiger charge is 1.89. The third-order valence-corrected chi connectivity index (χ3v) is 0.792. The summed E-state index contributed by atoms with van der Waals surface area (Å²) in [7, 11) is 1.81. The molecule has 0 radical (unpaired) electrons. The summed E-state index contributed by atoms with van der Waals surface area (Å²) in [5, 5.41) is 5.36. The van der Waals surface area contributed by atoms with E-state index in [4.69, 9.17) is 6.42 Å². The van der Waals surface area contributed by atoms with Crippen LogP contribution in [0.4, 0.5) is 0 Å². The predicted molar refractivity (Wildman–Crippen MR) is 35.8 cm³/mol. The van der Waals surface area contributed by atoms with Gasteiger partial charge in [-0.2, -0.15) is 0 Å². The molecule has 0 bridgehead atoms. The summed E-state index contributed by atoms with van der Waals surface area (Å²) in [6.07, 6.45) is 4.77. The molecule has 0 rings (SSSR count). The van der Waals surface area contributed by atoms with E-state index in [1.165, 1.54) is 0 Å². The van der Waals surface area contributed by atoms with E-state index in [-0.39, 0.29) is 5.91 Å². The maximum atomic E-state index is 10.3. The molecule has 1 amide bonds. The molecule has 0 aliphatic heterocycles. The zero-order valence-corrected chi connectivity index (χ0v) is 5.40. The summed E-state index contributed by atoms with van der Waals surface area (Å²) >= 11 is 0. The minimum atomic E-state index is -0.356. The number of hydrogen-bond acceptors (Lipinski definition) is 2. The first-order valence-electron chi connectivity index (χ1n) is 2.70. The largest absolute Gasteiger partial charge is 0.344 e. The number of carbonyl (C=O) groups is 1. The second-order valence-electron chi connectivity index (χ2n) is 1.50. The molecule has 9 heavy (non-hydrogen) atoms. The summed E-state index contributed by atoms with van der Waals surface area (Å²) in [5.41, 5.74) is 0. The smallest absolute Gasteiger partial charge is 0.295 e. The third-order valence-electron chi connectivity index (χ3n) is 0.792. The maximum Gasteiger partial charge on any atom is 0.295 e. The first-order chi connectivity index (χ1) is 4.31. The van der Waals surface area contributed by atoms with E-state index in [0.717, 1.165) is 6.54 Å². The zero-order valence-electron chi connectivity index (χ0n) is 5.40. The van der Waals surface area contributed by atoms with Gasteiger partial charge in [-0.1, -0.05) is 0 Å². The molecule has 0 unspecified atom stereocenters. The Bertz CT molecular complexity index is 126. The van der Waals surface area contributed by atoms with Crippen molar-refractivity contribution in [2.75, 3.05) is 20.1 Å². The Morgan fingerprint density at radius 2 is 2.33 bits per heavy atom. The number of rotatable bonds is 3. The highest BCUT2D eigenvalue weighted by atomic mass is 16.1. The van der Waals surface area contributed by atoms with Gasteiger partial charge in [0.15, 0.2) is 0 Å². The summed E-state index contributed by atoms with van der Waals surface area (Å²) in [6, 6.07) is 0. The zero-order chi connectivity index (χ0) is 7.11. The van der Waals surface area contributed by atoms with Crippen LogP contribution in [0.2, 0.25) is 0 Å². The molecular weight excluding hydrogens is 116 g/mol. The molecular formula is C6H10N2O. The lowest BCUT2D eigenvalue weighted by molar-refractivity contribution is -0.115. The second-order valence-corrected chi connectivity index (χ2v) is 1.50. The fourth-order valence-corrected chi connectivity index (χ4v) is 0.352. The van der Waals surface area contributed by atoms with Crippen LogP contribution in [0.1, 0.15) is 0 Å². The Hall–Kier alpha value is -1.01. The minimum absolute atomic E-state index is 0.356. The van der Waals surface area contributed by atoms with Crippen molar-refractivity contribution in [1.82, 2.24) is 10.6 Å². The molecule has 3 heteroatoms. The molecule has 0 aliphatic rings. The van der Waals surface area contributed by atoms with Crippen molar-refractivity contribution in [2.45, 2.75) is 0 Å². The van der Waals surface area contributed by atoms with Gasteiger partial charge in [-0.15, -0.1) is 6.42 Å². The molecule has 0 fully saturated rings. The number of nitrogens with one attached hydrogen (secondary N) is 2. The topological polar surface area (TPSA) is 41.1 Å². The van der Waals surface area contributed by atoms with E-state index in [1.807, 2.05) is 13.0 Å². The van der Waals surface area contributed by atoms with Gasteiger partial charge >= 0.3 is 0 Å². The first-order valence-corrected chi connectivity index (χ1v) is 2.70. The average Bonchev–Trinajstić information content (AvgIpc) is 1.89. The highest BCUT2D eigenvalue weighted by Crippen LogP contribution is 1.58. The van der Waals surface area contributed by atoms with E-state index in [9.17, 15) is 4.79 Å². The molecule has 0 spiro atoms. The fourth-order valence-electron chi connectivity index (χ4n) is 0.352. The lowest BCUT2D eigenvalue weighted by Gasteiger charge is -1.97. The number of terminal acetylenes is 1. The molecule has 0 saturated carbocycles. The van der Waals surface area contributed by atoms with Crippen molar-refractivity contribution in [1.29, 1.82) is 0 Å². The SMILES string of the molecule is C#CC(=O)NCCNC. The standard InChI is InChI=1S/C6H10N2O/c1-3-6(9)8-5-4-7-2/h1,7H,4-5H2,2H3,(H,8,9). The molecule has 50 valence electrons. The van der Waals surface area contributed by atoms with Crippen molar-refractivity contribution < 1.29 is 4.79 Å². The lowest BCUT2D eigenvalue weighted by atomic mass is 10.5. The van der Waals surface area contributed by atoms with Gasteiger partial charge in [-0.25, -0.2) is 0 Å². The number of hydrogen-bond donors (Lipinski definition) is 2. The molecule has 0 aromatic rings. The Labute approximate surface area is 54.8 Å². The van der Waals surface area contributed by atoms with Crippen LogP contribution >= 0.6 is 0 Å². The van der Waals surface area contributed by atoms with Gasteiger partial charge in [0.2, 0.25) is 0 Å². The summed E-state index contributed by atoms with van der Waals surface area (Å²) in [5.74, 6) is 1.59. The summed E-state index contributed by atoms with van der Waals surface area (Å²) < 4.78 is 0. The minimum Gasteiger partial charge on any atom is -0.344 e. The molecule has 0 saturated heterocycles. The number of carbonyl (C=O) groups excluding carboxylic acids is 1. The molecule has 0 heterocycles. The van der Waals surface area contributed by atoms with E-state index < -0.39 is 0 Å². The predicted octanol–water partition coefficient (Wildman–Crippen LogP) is -1.04. The molecule has 3 nitrogen and oxygen atoms in total. The van der Waals surface area contributed by atoms with Crippen LogP contribution in [0.15, 0.2) is 0 Å². The van der Waals surface area contributed by atoms with Gasteiger partial charge in [0.25, 0.3) is 5.91 Å². The molecule has 0 atom stereocenters. The second kappa shape index (κ2) is 5.13. The maximum absolute atomic E-state index is 10.3. The highest BCUT2D eigenvalue weighted by molar-refractivity contribution is 5.92. The van der Waals surface area contributed by atoms with Gasteiger partial charge < -0.3 is 10.6 Å². The molecule has 0 aromatic heterocycles. The van der Waals surface area contributed by atoms with Gasteiger partial charge in [-0.05, 0) is 13.0 Å². The van der Waals surface area contributed by atoms with Crippen LogP contribution < -0.4 is 10.6 Å². The number of likely N-dealkylation sites (N-methyl/N-ethyl adjacent to an activating group) is 1. The molecule has 2 N–H and O–H groups in total. The van der Waals surface area contributed by atoms with Gasteiger partial charge in [0, 0.05) is 13.1 Å². The van der Waals surface area contributed by atoms with Crippen LogP contribution in [-0.4, -0.2) is 26.0 Å². The third kappa shape index (κ3) is 4.85. The monoisotopic (exact) mass is 126 g/mol. The van der Waals surface area contributed by atoms with Crippen molar-refractivity contribution in [3.8, 4) is 12.3 Å². The van der Waals surface area contributed by atoms with Crippen LogP contribution in [0.3, 0.4) is 0 Å². The quantitative estimate of drug-likeness (QED) is 0.374. The van der Waals surface area contributed by atoms with E-state index in [0.29, 0.717) is 6.54 Å². The van der Waals surface area contributed by atoms with Crippen LogP contribution in [0, 0.1) is 12.3 Å². The van der Waals surface area contributed by atoms with Gasteiger partial charge in [0.1, 0.15) is 0 Å². The molecule has 0 aliphatic carbocycles. The van der Waals surface area contributed by atoms with Crippen LogP contribution in [0.5, 0.6) is 0 Å². The van der Waals surface area contributed by atoms with Crippen LogP contribution in [-0.2, 0) is 4.79 Å². The van der Waals surface area contributed by atoms with Crippen molar-refractivity contribution >= 4 is 5.91 Å². The van der Waals surface area contributed by atoms with Gasteiger partial charge in [-0.3, -0.25) is 4.79 Å². The average molecular weight is 126 g/mol. The first kappa shape index (κ1) is 7.99. The number of amides is 1. The van der Waals surface area contributed by atoms with Gasteiger partial charge in [0.05, 0.1) is 0 Å². The Morgan fingerprint density at radius 1 is 1.67 bits per heavy atom. The van der Waals surface area contributed by atoms with Crippen molar-refractivity contribution in [2.24, 2.45) is 0 Å². The van der Waals surface area contributed by atoms with Crippen molar-refractivity contribution in [3.63, 3.8) is 0 Å². The fraction of sp³-hybridized carbons (Fsp3) is 0.500. The normalized spacial score (nSPS) is 8.00. The summed E-state index contributed by atoms with van der Waals surface area (Å²) in [4.78, 5) is 10.3. The lowest BCUT2D eigenvalue weighted by Crippen LogP contribution is -2.29.